The van der Waals surface area contributed by atoms with Crippen LogP contribution in [0.15, 0.2) is 24.3 Å². The van der Waals surface area contributed by atoms with Crippen LogP contribution in [0.4, 0.5) is 0 Å². The zero-order valence-corrected chi connectivity index (χ0v) is 12.4. The SMILES string of the molecule is CNC(C)(C#N)CCCOc1ccccc1C(C)C. The third-order valence-corrected chi connectivity index (χ3v) is 3.42. The van der Waals surface area contributed by atoms with Gasteiger partial charge < -0.3 is 10.1 Å². The fourth-order valence-corrected chi connectivity index (χ4v) is 1.93. The summed E-state index contributed by atoms with van der Waals surface area (Å²) in [6.07, 6.45) is 1.64. The normalized spacial score (nSPS) is 13.9. The molecule has 1 atom stereocenters. The van der Waals surface area contributed by atoms with Crippen LogP contribution in [0.1, 0.15) is 45.1 Å². The smallest absolute Gasteiger partial charge is 0.122 e. The summed E-state index contributed by atoms with van der Waals surface area (Å²) in [7, 11) is 1.82. The molecule has 1 aromatic carbocycles. The first kappa shape index (κ1) is 15.5. The van der Waals surface area contributed by atoms with Gasteiger partial charge in [-0.2, -0.15) is 5.26 Å². The Morgan fingerprint density at radius 1 is 1.37 bits per heavy atom. The minimum absolute atomic E-state index is 0.456. The number of ether oxygens (including phenoxy) is 1. The quantitative estimate of drug-likeness (QED) is 0.763. The molecule has 0 aliphatic heterocycles. The molecular weight excluding hydrogens is 236 g/mol. The van der Waals surface area contributed by atoms with E-state index in [0.717, 1.165) is 18.6 Å². The highest BCUT2D eigenvalue weighted by atomic mass is 16.5. The molecule has 19 heavy (non-hydrogen) atoms. The Morgan fingerprint density at radius 2 is 2.05 bits per heavy atom. The standard InChI is InChI=1S/C16H24N2O/c1-13(2)14-8-5-6-9-15(14)19-11-7-10-16(3,12-17)18-4/h5-6,8-9,13,18H,7,10-11H2,1-4H3. The number of para-hydroxylation sites is 1. The maximum absolute atomic E-state index is 9.07. The second kappa shape index (κ2) is 7.16. The van der Waals surface area contributed by atoms with Gasteiger partial charge in [0, 0.05) is 0 Å². The molecule has 0 saturated carbocycles. The van der Waals surface area contributed by atoms with Crippen molar-refractivity contribution in [3.8, 4) is 11.8 Å². The summed E-state index contributed by atoms with van der Waals surface area (Å²) >= 11 is 0. The second-order valence-corrected chi connectivity index (χ2v) is 5.34. The minimum atomic E-state index is -0.457. The zero-order chi connectivity index (χ0) is 14.3. The van der Waals surface area contributed by atoms with Crippen LogP contribution in [-0.4, -0.2) is 19.2 Å². The Hall–Kier alpha value is -1.53. The van der Waals surface area contributed by atoms with Gasteiger partial charge in [0.05, 0.1) is 12.7 Å². The van der Waals surface area contributed by atoms with Crippen LogP contribution in [-0.2, 0) is 0 Å². The monoisotopic (exact) mass is 260 g/mol. The van der Waals surface area contributed by atoms with Gasteiger partial charge in [0.2, 0.25) is 0 Å². The Kier molecular flexibility index (Phi) is 5.85. The van der Waals surface area contributed by atoms with Crippen molar-refractivity contribution in [3.63, 3.8) is 0 Å². The van der Waals surface area contributed by atoms with E-state index in [-0.39, 0.29) is 0 Å². The summed E-state index contributed by atoms with van der Waals surface area (Å²) in [5.41, 5.74) is 0.778. The summed E-state index contributed by atoms with van der Waals surface area (Å²) < 4.78 is 5.85. The number of nitrogens with zero attached hydrogens (tertiary/aromatic N) is 1. The van der Waals surface area contributed by atoms with Crippen molar-refractivity contribution >= 4 is 0 Å². The molecule has 0 spiro atoms. The molecule has 0 radical (unpaired) electrons. The molecule has 3 nitrogen and oxygen atoms in total. The molecule has 1 unspecified atom stereocenters. The van der Waals surface area contributed by atoms with Crippen LogP contribution in [0, 0.1) is 11.3 Å². The predicted octanol–water partition coefficient (Wildman–Crippen LogP) is 3.47. The summed E-state index contributed by atoms with van der Waals surface area (Å²) in [6.45, 7) is 6.88. The molecule has 0 aliphatic rings. The third-order valence-electron chi connectivity index (χ3n) is 3.42. The number of hydrogen-bond acceptors (Lipinski definition) is 3. The van der Waals surface area contributed by atoms with Gasteiger partial charge in [-0.1, -0.05) is 32.0 Å². The molecule has 1 aromatic rings. The molecule has 0 fully saturated rings. The van der Waals surface area contributed by atoms with Gasteiger partial charge in [0.25, 0.3) is 0 Å². The maximum Gasteiger partial charge on any atom is 0.122 e. The fourth-order valence-electron chi connectivity index (χ4n) is 1.93. The van der Waals surface area contributed by atoms with Gasteiger partial charge in [-0.05, 0) is 44.4 Å². The highest BCUT2D eigenvalue weighted by molar-refractivity contribution is 5.35. The highest BCUT2D eigenvalue weighted by Gasteiger charge is 2.20. The van der Waals surface area contributed by atoms with Crippen molar-refractivity contribution < 1.29 is 4.74 Å². The Morgan fingerprint density at radius 3 is 2.63 bits per heavy atom. The lowest BCUT2D eigenvalue weighted by Crippen LogP contribution is -2.38. The van der Waals surface area contributed by atoms with E-state index < -0.39 is 5.54 Å². The third kappa shape index (κ3) is 4.57. The number of nitriles is 1. The van der Waals surface area contributed by atoms with Gasteiger partial charge in [0.1, 0.15) is 11.3 Å². The van der Waals surface area contributed by atoms with Gasteiger partial charge >= 0.3 is 0 Å². The molecule has 0 aromatic heterocycles. The van der Waals surface area contributed by atoms with Crippen molar-refractivity contribution in [2.24, 2.45) is 0 Å². The van der Waals surface area contributed by atoms with Gasteiger partial charge in [-0.25, -0.2) is 0 Å². The lowest BCUT2D eigenvalue weighted by molar-refractivity contribution is 0.285. The Bertz CT molecular complexity index is 437. The molecule has 0 saturated heterocycles. The van der Waals surface area contributed by atoms with E-state index in [9.17, 15) is 0 Å². The zero-order valence-electron chi connectivity index (χ0n) is 12.4. The summed E-state index contributed by atoms with van der Waals surface area (Å²) in [4.78, 5) is 0. The van der Waals surface area contributed by atoms with Gasteiger partial charge in [-0.15, -0.1) is 0 Å². The van der Waals surface area contributed by atoms with E-state index in [1.807, 2.05) is 32.2 Å². The summed E-state index contributed by atoms with van der Waals surface area (Å²) in [5.74, 6) is 1.42. The number of hydrogen-bond donors (Lipinski definition) is 1. The van der Waals surface area contributed by atoms with Crippen molar-refractivity contribution in [2.75, 3.05) is 13.7 Å². The molecule has 3 heteroatoms. The van der Waals surface area contributed by atoms with Crippen LogP contribution in [0.2, 0.25) is 0 Å². The van der Waals surface area contributed by atoms with Crippen LogP contribution in [0.25, 0.3) is 0 Å². The molecule has 0 amide bonds. The number of rotatable bonds is 7. The van der Waals surface area contributed by atoms with Gasteiger partial charge in [-0.3, -0.25) is 0 Å². The van der Waals surface area contributed by atoms with E-state index in [1.54, 1.807) is 0 Å². The lowest BCUT2D eigenvalue weighted by atomic mass is 9.98. The van der Waals surface area contributed by atoms with Gasteiger partial charge in [0.15, 0.2) is 0 Å². The highest BCUT2D eigenvalue weighted by Crippen LogP contribution is 2.26. The van der Waals surface area contributed by atoms with Crippen LogP contribution in [0.5, 0.6) is 5.75 Å². The van der Waals surface area contributed by atoms with Crippen LogP contribution >= 0.6 is 0 Å². The van der Waals surface area contributed by atoms with E-state index in [1.165, 1.54) is 5.56 Å². The molecular formula is C16H24N2O. The number of nitrogens with one attached hydrogen (secondary N) is 1. The molecule has 104 valence electrons. The van der Waals surface area contributed by atoms with E-state index in [4.69, 9.17) is 10.00 Å². The Labute approximate surface area is 116 Å². The molecule has 1 N–H and O–H groups in total. The minimum Gasteiger partial charge on any atom is -0.493 e. The average molecular weight is 260 g/mol. The summed E-state index contributed by atoms with van der Waals surface area (Å²) in [5, 5.41) is 12.1. The first-order valence-corrected chi connectivity index (χ1v) is 6.84. The second-order valence-electron chi connectivity index (χ2n) is 5.34. The Balaban J connectivity index is 2.49. The van der Waals surface area contributed by atoms with Crippen molar-refractivity contribution in [2.45, 2.75) is 45.1 Å². The van der Waals surface area contributed by atoms with Crippen LogP contribution < -0.4 is 10.1 Å². The van der Waals surface area contributed by atoms with E-state index in [0.29, 0.717) is 12.5 Å². The lowest BCUT2D eigenvalue weighted by Gasteiger charge is -2.20. The number of benzene rings is 1. The first-order chi connectivity index (χ1) is 9.02. The van der Waals surface area contributed by atoms with E-state index in [2.05, 4.69) is 31.3 Å². The van der Waals surface area contributed by atoms with Crippen molar-refractivity contribution in [1.29, 1.82) is 5.26 Å². The topological polar surface area (TPSA) is 45.0 Å². The fraction of sp³-hybridized carbons (Fsp3) is 0.562. The largest absolute Gasteiger partial charge is 0.493 e. The molecule has 1 rings (SSSR count). The molecule has 0 heterocycles. The molecule has 0 aliphatic carbocycles. The predicted molar refractivity (Wildman–Crippen MR) is 78.3 cm³/mol. The average Bonchev–Trinajstić information content (AvgIpc) is 2.43. The van der Waals surface area contributed by atoms with E-state index >= 15 is 0 Å². The van der Waals surface area contributed by atoms with Crippen molar-refractivity contribution in [1.82, 2.24) is 5.32 Å². The summed E-state index contributed by atoms with van der Waals surface area (Å²) in [6, 6.07) is 10.4. The maximum atomic E-state index is 9.07. The molecule has 0 bridgehead atoms. The van der Waals surface area contributed by atoms with Crippen LogP contribution in [0.3, 0.4) is 0 Å². The first-order valence-electron chi connectivity index (χ1n) is 6.84. The van der Waals surface area contributed by atoms with Crippen molar-refractivity contribution in [3.05, 3.63) is 29.8 Å².